The predicted octanol–water partition coefficient (Wildman–Crippen LogP) is 3.64. The molecule has 0 aliphatic rings. The molecular weight excluding hydrogens is 414 g/mol. The highest BCUT2D eigenvalue weighted by Gasteiger charge is 2.25. The molecule has 0 heterocycles. The van der Waals surface area contributed by atoms with E-state index in [2.05, 4.69) is 5.32 Å². The number of nitro benzene ring substituents is 1. The van der Waals surface area contributed by atoms with E-state index < -0.39 is 11.0 Å². The third kappa shape index (κ3) is 6.47. The fourth-order valence-corrected chi connectivity index (χ4v) is 3.72. The number of hydrogen-bond donors (Lipinski definition) is 1. The van der Waals surface area contributed by atoms with Gasteiger partial charge < -0.3 is 10.2 Å². The zero-order valence-corrected chi connectivity index (χ0v) is 17.7. The van der Waals surface area contributed by atoms with E-state index in [4.69, 9.17) is 11.6 Å². The smallest absolute Gasteiger partial charge is 0.269 e. The van der Waals surface area contributed by atoms with E-state index in [1.54, 1.807) is 31.2 Å². The van der Waals surface area contributed by atoms with Crippen LogP contribution in [0.4, 0.5) is 5.69 Å². The molecule has 0 aromatic heterocycles. The normalized spacial score (nSPS) is 11.6. The monoisotopic (exact) mass is 435 g/mol. The Morgan fingerprint density at radius 2 is 1.86 bits per heavy atom. The first-order chi connectivity index (χ1) is 13.8. The van der Waals surface area contributed by atoms with Gasteiger partial charge in [0.25, 0.3) is 5.69 Å². The van der Waals surface area contributed by atoms with E-state index in [-0.39, 0.29) is 29.8 Å². The van der Waals surface area contributed by atoms with Gasteiger partial charge >= 0.3 is 0 Å². The largest absolute Gasteiger partial charge is 0.357 e. The number of carbonyl (C=O) groups is 2. The van der Waals surface area contributed by atoms with Crippen molar-refractivity contribution < 1.29 is 14.5 Å². The van der Waals surface area contributed by atoms with Gasteiger partial charge in [-0.3, -0.25) is 19.7 Å². The van der Waals surface area contributed by atoms with Crippen molar-refractivity contribution in [3.63, 3.8) is 0 Å². The van der Waals surface area contributed by atoms with Gasteiger partial charge in [-0.15, -0.1) is 11.8 Å². The number of benzene rings is 2. The Kier molecular flexibility index (Phi) is 8.48. The zero-order valence-electron chi connectivity index (χ0n) is 16.1. The van der Waals surface area contributed by atoms with Crippen LogP contribution in [0.3, 0.4) is 0 Å². The van der Waals surface area contributed by atoms with Crippen molar-refractivity contribution in [2.24, 2.45) is 0 Å². The molecule has 0 aliphatic carbocycles. The molecule has 1 atom stereocenters. The van der Waals surface area contributed by atoms with Crippen LogP contribution in [0.5, 0.6) is 0 Å². The van der Waals surface area contributed by atoms with Gasteiger partial charge in [-0.25, -0.2) is 0 Å². The summed E-state index contributed by atoms with van der Waals surface area (Å²) in [7, 11) is 1.53. The molecule has 0 aliphatic heterocycles. The second-order valence-electron chi connectivity index (χ2n) is 6.32. The average Bonchev–Trinajstić information content (AvgIpc) is 2.72. The molecule has 29 heavy (non-hydrogen) atoms. The Morgan fingerprint density at radius 1 is 1.21 bits per heavy atom. The zero-order chi connectivity index (χ0) is 21.4. The molecular formula is C20H22ClN3O4S. The average molecular weight is 436 g/mol. The molecule has 2 aromatic rings. The first-order valence-corrected chi connectivity index (χ1v) is 10.4. The molecule has 0 spiro atoms. The molecule has 0 bridgehead atoms. The van der Waals surface area contributed by atoms with Crippen LogP contribution in [0, 0.1) is 10.1 Å². The number of amides is 2. The number of nitro groups is 1. The van der Waals surface area contributed by atoms with Crippen LogP contribution in [0.2, 0.25) is 5.02 Å². The maximum atomic E-state index is 12.8. The molecule has 7 nitrogen and oxygen atoms in total. The van der Waals surface area contributed by atoms with Crippen LogP contribution in [-0.2, 0) is 21.9 Å². The molecule has 0 unspecified atom stereocenters. The summed E-state index contributed by atoms with van der Waals surface area (Å²) in [4.78, 5) is 36.7. The summed E-state index contributed by atoms with van der Waals surface area (Å²) in [6.07, 6.45) is 0. The molecule has 1 N–H and O–H groups in total. The van der Waals surface area contributed by atoms with E-state index in [0.717, 1.165) is 11.1 Å². The van der Waals surface area contributed by atoms with Gasteiger partial charge in [-0.05, 0) is 24.1 Å². The van der Waals surface area contributed by atoms with Crippen LogP contribution in [0.25, 0.3) is 0 Å². The van der Waals surface area contributed by atoms with Crippen molar-refractivity contribution in [1.29, 1.82) is 0 Å². The minimum atomic E-state index is -0.649. The lowest BCUT2D eigenvalue weighted by Crippen LogP contribution is -2.47. The Labute approximate surface area is 178 Å². The summed E-state index contributed by atoms with van der Waals surface area (Å²) < 4.78 is 0. The van der Waals surface area contributed by atoms with E-state index >= 15 is 0 Å². The van der Waals surface area contributed by atoms with Crippen LogP contribution in [0.15, 0.2) is 48.5 Å². The quantitative estimate of drug-likeness (QED) is 0.479. The number of hydrogen-bond acceptors (Lipinski definition) is 5. The van der Waals surface area contributed by atoms with Crippen LogP contribution in [0.1, 0.15) is 18.1 Å². The summed E-state index contributed by atoms with van der Waals surface area (Å²) in [5.41, 5.74) is 1.67. The van der Waals surface area contributed by atoms with Gasteiger partial charge in [0.05, 0.1) is 10.7 Å². The third-order valence-corrected chi connectivity index (χ3v) is 5.71. The maximum absolute atomic E-state index is 12.8. The van der Waals surface area contributed by atoms with Crippen molar-refractivity contribution in [3.8, 4) is 0 Å². The number of likely N-dealkylation sites (N-methyl/N-ethyl adjacent to an activating group) is 1. The van der Waals surface area contributed by atoms with Gasteiger partial charge in [-0.1, -0.05) is 41.9 Å². The molecule has 0 saturated heterocycles. The Morgan fingerprint density at radius 3 is 2.45 bits per heavy atom. The lowest BCUT2D eigenvalue weighted by atomic mass is 10.1. The van der Waals surface area contributed by atoms with Crippen molar-refractivity contribution in [3.05, 3.63) is 74.8 Å². The molecule has 154 valence electrons. The van der Waals surface area contributed by atoms with Gasteiger partial charge in [-0.2, -0.15) is 0 Å². The maximum Gasteiger partial charge on any atom is 0.269 e. The molecule has 2 aromatic carbocycles. The number of nitrogens with one attached hydrogen (secondary N) is 1. The van der Waals surface area contributed by atoms with Crippen molar-refractivity contribution in [2.45, 2.75) is 25.3 Å². The van der Waals surface area contributed by atoms with Gasteiger partial charge in [0, 0.05) is 36.5 Å². The van der Waals surface area contributed by atoms with Crippen molar-refractivity contribution in [1.82, 2.24) is 10.2 Å². The second kappa shape index (κ2) is 10.8. The van der Waals surface area contributed by atoms with E-state index in [1.807, 2.05) is 12.1 Å². The SMILES string of the molecule is CNC(=O)[C@@H](C)N(Cc1ccccc1Cl)C(=O)CSCc1ccc([N+](=O)[O-])cc1. The topological polar surface area (TPSA) is 92.6 Å². The minimum Gasteiger partial charge on any atom is -0.357 e. The highest BCUT2D eigenvalue weighted by Crippen LogP contribution is 2.21. The summed E-state index contributed by atoms with van der Waals surface area (Å²) in [6, 6.07) is 12.8. The predicted molar refractivity (Wildman–Crippen MR) is 115 cm³/mol. The standard InChI is InChI=1S/C20H22ClN3O4S/c1-14(20(26)22-2)23(11-16-5-3-4-6-18(16)21)19(25)13-29-12-15-7-9-17(10-8-15)24(27)28/h3-10,14H,11-13H2,1-2H3,(H,22,26)/t14-/m1/s1. The van der Waals surface area contributed by atoms with Gasteiger partial charge in [0.1, 0.15) is 6.04 Å². The molecule has 0 radical (unpaired) electrons. The lowest BCUT2D eigenvalue weighted by Gasteiger charge is -2.28. The lowest BCUT2D eigenvalue weighted by molar-refractivity contribution is -0.384. The minimum absolute atomic E-state index is 0.0279. The van der Waals surface area contributed by atoms with Crippen LogP contribution in [-0.4, -0.2) is 40.5 Å². The number of nitrogens with zero attached hydrogens (tertiary/aromatic N) is 2. The molecule has 0 fully saturated rings. The highest BCUT2D eigenvalue weighted by atomic mass is 35.5. The van der Waals surface area contributed by atoms with Gasteiger partial charge in [0.2, 0.25) is 11.8 Å². The number of rotatable bonds is 9. The van der Waals surface area contributed by atoms with Crippen LogP contribution >= 0.6 is 23.4 Å². The number of non-ortho nitro benzene ring substituents is 1. The van der Waals surface area contributed by atoms with Crippen molar-refractivity contribution >= 4 is 40.9 Å². The molecule has 2 amide bonds. The molecule has 9 heteroatoms. The number of thioether (sulfide) groups is 1. The Bertz CT molecular complexity index is 876. The van der Waals surface area contributed by atoms with E-state index in [1.165, 1.54) is 35.8 Å². The summed E-state index contributed by atoms with van der Waals surface area (Å²) >= 11 is 7.60. The first-order valence-electron chi connectivity index (χ1n) is 8.89. The number of carbonyl (C=O) groups excluding carboxylic acids is 2. The fourth-order valence-electron chi connectivity index (χ4n) is 2.65. The summed E-state index contributed by atoms with van der Waals surface area (Å²) in [5.74, 6) is 0.250. The summed E-state index contributed by atoms with van der Waals surface area (Å²) in [5, 5.41) is 13.8. The number of halogens is 1. The Balaban J connectivity index is 2.03. The summed E-state index contributed by atoms with van der Waals surface area (Å²) in [6.45, 7) is 1.90. The highest BCUT2D eigenvalue weighted by molar-refractivity contribution is 7.99. The van der Waals surface area contributed by atoms with Crippen LogP contribution < -0.4 is 5.32 Å². The fraction of sp³-hybridized carbons (Fsp3) is 0.300. The van der Waals surface area contributed by atoms with Crippen molar-refractivity contribution in [2.75, 3.05) is 12.8 Å². The Hall–Kier alpha value is -2.58. The van der Waals surface area contributed by atoms with E-state index in [9.17, 15) is 19.7 Å². The first kappa shape index (κ1) is 22.7. The molecule has 0 saturated carbocycles. The second-order valence-corrected chi connectivity index (χ2v) is 7.71. The molecule has 2 rings (SSSR count). The van der Waals surface area contributed by atoms with E-state index in [0.29, 0.717) is 10.8 Å². The van der Waals surface area contributed by atoms with Gasteiger partial charge in [0.15, 0.2) is 0 Å². The third-order valence-electron chi connectivity index (χ3n) is 4.35.